The lowest BCUT2D eigenvalue weighted by atomic mass is 9.95. The summed E-state index contributed by atoms with van der Waals surface area (Å²) in [4.78, 5) is 11.7. The van der Waals surface area contributed by atoms with Gasteiger partial charge in [0.2, 0.25) is 0 Å². The molecule has 1 aromatic heterocycles. The van der Waals surface area contributed by atoms with E-state index in [9.17, 15) is 0 Å². The third kappa shape index (κ3) is 4.04. The van der Waals surface area contributed by atoms with Crippen molar-refractivity contribution in [2.45, 2.75) is 46.0 Å². The van der Waals surface area contributed by atoms with Crippen molar-refractivity contribution < 1.29 is 0 Å². The van der Waals surface area contributed by atoms with Gasteiger partial charge in [0.15, 0.2) is 0 Å². The lowest BCUT2D eigenvalue weighted by molar-refractivity contribution is 0.352. The molecule has 4 N–H and O–H groups in total. The Bertz CT molecular complexity index is 474. The average Bonchev–Trinajstić information content (AvgIpc) is 2.92. The number of nitrogens with two attached hydrogens (primary N) is 1. The number of anilines is 2. The van der Waals surface area contributed by atoms with Gasteiger partial charge in [-0.15, -0.1) is 0 Å². The summed E-state index contributed by atoms with van der Waals surface area (Å²) >= 11 is 0. The smallest absolute Gasteiger partial charge is 0.148 e. The molecule has 0 amide bonds. The van der Waals surface area contributed by atoms with Crippen LogP contribution in [-0.4, -0.2) is 41.0 Å². The number of aromatic nitrogens is 2. The summed E-state index contributed by atoms with van der Waals surface area (Å²) in [6, 6.07) is 0. The van der Waals surface area contributed by atoms with E-state index >= 15 is 0 Å². The van der Waals surface area contributed by atoms with Crippen LogP contribution in [0.25, 0.3) is 0 Å². The summed E-state index contributed by atoms with van der Waals surface area (Å²) in [6.45, 7) is 12.7. The fraction of sp³-hybridized carbons (Fsp3) is 0.733. The molecule has 0 spiro atoms. The van der Waals surface area contributed by atoms with Gasteiger partial charge < -0.3 is 15.6 Å². The molecule has 21 heavy (non-hydrogen) atoms. The molecule has 0 unspecified atom stereocenters. The summed E-state index contributed by atoms with van der Waals surface area (Å²) in [5.41, 5.74) is 3.54. The number of likely N-dealkylation sites (tertiary alicyclic amines) is 1. The van der Waals surface area contributed by atoms with Crippen LogP contribution in [0.2, 0.25) is 0 Å². The van der Waals surface area contributed by atoms with E-state index in [1.807, 2.05) is 6.92 Å². The van der Waals surface area contributed by atoms with Gasteiger partial charge in [-0.2, -0.15) is 0 Å². The van der Waals surface area contributed by atoms with Crippen molar-refractivity contribution in [3.8, 4) is 0 Å². The fourth-order valence-corrected chi connectivity index (χ4v) is 2.50. The quantitative estimate of drug-likeness (QED) is 0.568. The summed E-state index contributed by atoms with van der Waals surface area (Å²) in [6.07, 6.45) is 2.64. The van der Waals surface area contributed by atoms with E-state index in [1.54, 1.807) is 0 Å². The molecule has 0 aromatic carbocycles. The van der Waals surface area contributed by atoms with Crippen LogP contribution in [0.5, 0.6) is 0 Å². The number of hydrogen-bond donors (Lipinski definition) is 3. The van der Waals surface area contributed by atoms with E-state index in [-0.39, 0.29) is 5.41 Å². The zero-order chi connectivity index (χ0) is 15.5. The predicted octanol–water partition coefficient (Wildman–Crippen LogP) is 1.88. The Balaban J connectivity index is 2.09. The molecule has 2 heterocycles. The van der Waals surface area contributed by atoms with E-state index < -0.39 is 0 Å². The second-order valence-corrected chi connectivity index (χ2v) is 6.74. The lowest BCUT2D eigenvalue weighted by Gasteiger charge is -2.21. The number of nitrogen functional groups attached to an aromatic ring is 1. The van der Waals surface area contributed by atoms with Crippen LogP contribution in [0.3, 0.4) is 0 Å². The molecule has 118 valence electrons. The number of nitrogens with zero attached hydrogens (tertiary/aromatic N) is 3. The largest absolute Gasteiger partial charge is 0.368 e. The van der Waals surface area contributed by atoms with E-state index in [4.69, 9.17) is 5.84 Å². The van der Waals surface area contributed by atoms with Crippen LogP contribution in [0.15, 0.2) is 0 Å². The van der Waals surface area contributed by atoms with E-state index in [0.717, 1.165) is 30.3 Å². The van der Waals surface area contributed by atoms with Gasteiger partial charge in [0.1, 0.15) is 17.5 Å². The summed E-state index contributed by atoms with van der Waals surface area (Å²) in [5, 5.41) is 3.44. The van der Waals surface area contributed by atoms with Crippen molar-refractivity contribution in [2.75, 3.05) is 36.9 Å². The first-order valence-corrected chi connectivity index (χ1v) is 7.74. The Morgan fingerprint density at radius 3 is 2.33 bits per heavy atom. The van der Waals surface area contributed by atoms with Crippen LogP contribution in [0.1, 0.15) is 45.0 Å². The molecule has 1 aliphatic heterocycles. The summed E-state index contributed by atoms with van der Waals surface area (Å²) < 4.78 is 0. The van der Waals surface area contributed by atoms with E-state index in [1.165, 1.54) is 25.9 Å². The molecule has 1 saturated heterocycles. The van der Waals surface area contributed by atoms with Crippen LogP contribution >= 0.6 is 0 Å². The molecule has 1 aliphatic rings. The Morgan fingerprint density at radius 2 is 1.76 bits per heavy atom. The molecular weight excluding hydrogens is 264 g/mol. The minimum absolute atomic E-state index is 0.106. The van der Waals surface area contributed by atoms with Gasteiger partial charge in [-0.25, -0.2) is 15.8 Å². The third-order valence-corrected chi connectivity index (χ3v) is 3.87. The summed E-state index contributed by atoms with van der Waals surface area (Å²) in [5.74, 6) is 7.95. The lowest BCUT2D eigenvalue weighted by Crippen LogP contribution is -2.27. The maximum Gasteiger partial charge on any atom is 0.148 e. The second kappa shape index (κ2) is 6.58. The van der Waals surface area contributed by atoms with Crippen molar-refractivity contribution >= 4 is 11.6 Å². The Kier molecular flexibility index (Phi) is 5.00. The van der Waals surface area contributed by atoms with Gasteiger partial charge >= 0.3 is 0 Å². The van der Waals surface area contributed by atoms with Crippen LogP contribution in [0, 0.1) is 6.92 Å². The highest BCUT2D eigenvalue weighted by Crippen LogP contribution is 2.25. The van der Waals surface area contributed by atoms with Crippen molar-refractivity contribution in [1.82, 2.24) is 14.9 Å². The predicted molar refractivity (Wildman–Crippen MR) is 87.4 cm³/mol. The van der Waals surface area contributed by atoms with Gasteiger partial charge in [-0.05, 0) is 32.9 Å². The molecule has 0 aliphatic carbocycles. The van der Waals surface area contributed by atoms with Crippen molar-refractivity contribution in [3.05, 3.63) is 11.4 Å². The zero-order valence-electron chi connectivity index (χ0n) is 13.7. The van der Waals surface area contributed by atoms with Gasteiger partial charge in [-0.3, -0.25) is 0 Å². The van der Waals surface area contributed by atoms with Crippen LogP contribution < -0.4 is 16.6 Å². The van der Waals surface area contributed by atoms with E-state index in [2.05, 4.69) is 46.4 Å². The normalized spacial score (nSPS) is 16.2. The monoisotopic (exact) mass is 292 g/mol. The molecular formula is C15H28N6. The standard InChI is InChI=1S/C15H28N6/c1-11-12(17-7-10-21-8-5-6-9-21)18-14(15(2,3)4)19-13(11)20-16/h5-10,16H2,1-4H3,(H2,17,18,19,20). The topological polar surface area (TPSA) is 79.1 Å². The molecule has 0 atom stereocenters. The second-order valence-electron chi connectivity index (χ2n) is 6.74. The molecule has 0 saturated carbocycles. The minimum atomic E-state index is -0.106. The zero-order valence-corrected chi connectivity index (χ0v) is 13.7. The highest BCUT2D eigenvalue weighted by molar-refractivity contribution is 5.57. The van der Waals surface area contributed by atoms with Gasteiger partial charge in [-0.1, -0.05) is 20.8 Å². The Hall–Kier alpha value is -1.40. The average molecular weight is 292 g/mol. The van der Waals surface area contributed by atoms with Crippen molar-refractivity contribution in [2.24, 2.45) is 5.84 Å². The first-order chi connectivity index (χ1) is 9.91. The van der Waals surface area contributed by atoms with E-state index in [0.29, 0.717) is 5.82 Å². The maximum absolute atomic E-state index is 5.58. The first kappa shape index (κ1) is 16.0. The highest BCUT2D eigenvalue weighted by Gasteiger charge is 2.21. The number of hydrogen-bond acceptors (Lipinski definition) is 6. The number of nitrogens with one attached hydrogen (secondary N) is 2. The SMILES string of the molecule is Cc1c(NN)nc(C(C)(C)C)nc1NCCN1CCCC1. The first-order valence-electron chi connectivity index (χ1n) is 7.74. The van der Waals surface area contributed by atoms with Crippen molar-refractivity contribution in [1.29, 1.82) is 0 Å². The molecule has 2 rings (SSSR count). The molecule has 1 aromatic rings. The molecule has 6 heteroatoms. The highest BCUT2D eigenvalue weighted by atomic mass is 15.3. The number of hydrazine groups is 1. The summed E-state index contributed by atoms with van der Waals surface area (Å²) in [7, 11) is 0. The molecule has 0 bridgehead atoms. The molecule has 1 fully saturated rings. The van der Waals surface area contributed by atoms with Crippen LogP contribution in [-0.2, 0) is 5.41 Å². The fourth-order valence-electron chi connectivity index (χ4n) is 2.50. The van der Waals surface area contributed by atoms with Gasteiger partial charge in [0.05, 0.1) is 0 Å². The minimum Gasteiger partial charge on any atom is -0.368 e. The Morgan fingerprint density at radius 1 is 1.14 bits per heavy atom. The van der Waals surface area contributed by atoms with Gasteiger partial charge in [0, 0.05) is 24.1 Å². The van der Waals surface area contributed by atoms with Crippen LogP contribution in [0.4, 0.5) is 11.6 Å². The molecule has 6 nitrogen and oxygen atoms in total. The van der Waals surface area contributed by atoms with Crippen molar-refractivity contribution in [3.63, 3.8) is 0 Å². The third-order valence-electron chi connectivity index (χ3n) is 3.87. The van der Waals surface area contributed by atoms with Gasteiger partial charge in [0.25, 0.3) is 0 Å². The number of rotatable bonds is 5. The molecule has 0 radical (unpaired) electrons. The Labute approximate surface area is 127 Å². The maximum atomic E-state index is 5.58.